The van der Waals surface area contributed by atoms with Gasteiger partial charge in [0.1, 0.15) is 17.9 Å². The number of fused-ring (bicyclic) bond motifs is 1. The number of carbonyl (C=O) groups excluding carboxylic acids is 4. The number of ether oxygens (including phenoxy) is 1. The molecule has 2 atom stereocenters. The number of nitro groups is 1. The molecule has 35 heavy (non-hydrogen) atoms. The first-order valence-electron chi connectivity index (χ1n) is 11.0. The Kier molecular flexibility index (Phi) is 6.46. The molecule has 0 saturated carbocycles. The van der Waals surface area contributed by atoms with Crippen molar-refractivity contribution < 1.29 is 28.8 Å². The summed E-state index contributed by atoms with van der Waals surface area (Å²) in [6.07, 6.45) is 2.59. The Morgan fingerprint density at radius 3 is 2.54 bits per heavy atom. The van der Waals surface area contributed by atoms with Gasteiger partial charge in [-0.1, -0.05) is 35.9 Å². The van der Waals surface area contributed by atoms with Crippen molar-refractivity contribution in [1.82, 2.24) is 10.0 Å². The molecule has 180 valence electrons. The monoisotopic (exact) mass is 477 g/mol. The van der Waals surface area contributed by atoms with E-state index >= 15 is 0 Å². The number of carbonyl (C=O) groups is 4. The van der Waals surface area contributed by atoms with Crippen LogP contribution in [0, 0.1) is 22.0 Å². The Bertz CT molecular complexity index is 1270. The topological polar surface area (TPSA) is 127 Å². The Labute approximate surface area is 200 Å². The van der Waals surface area contributed by atoms with Crippen molar-refractivity contribution in [3.05, 3.63) is 81.4 Å². The minimum absolute atomic E-state index is 0.193. The number of methoxy groups -OCH3 is 1. The number of rotatable bonds is 7. The minimum atomic E-state index is -0.987. The quantitative estimate of drug-likeness (QED) is 0.197. The molecule has 0 aromatic heterocycles. The number of hydrogen-bond acceptors (Lipinski definition) is 7. The van der Waals surface area contributed by atoms with Gasteiger partial charge in [-0.25, -0.2) is 5.01 Å². The molecule has 4 rings (SSSR count). The number of Topliss-reactive ketones (excluding diaryl/α,β-unsaturated/α-hetero) is 1. The van der Waals surface area contributed by atoms with Crippen LogP contribution in [0.2, 0.25) is 0 Å². The van der Waals surface area contributed by atoms with Gasteiger partial charge in [0.05, 0.1) is 23.9 Å². The van der Waals surface area contributed by atoms with Crippen molar-refractivity contribution in [3.8, 4) is 5.75 Å². The van der Waals surface area contributed by atoms with E-state index in [1.807, 2.05) is 13.0 Å². The first kappa shape index (κ1) is 23.8. The number of ketones is 1. The highest BCUT2D eigenvalue weighted by Gasteiger charge is 2.52. The van der Waals surface area contributed by atoms with Crippen LogP contribution in [0.1, 0.15) is 40.5 Å². The Morgan fingerprint density at radius 1 is 1.11 bits per heavy atom. The number of para-hydroxylation sites is 1. The zero-order chi connectivity index (χ0) is 25.3. The molecule has 0 unspecified atom stereocenters. The normalized spacial score (nSPS) is 19.1. The van der Waals surface area contributed by atoms with E-state index in [0.717, 1.165) is 16.6 Å². The van der Waals surface area contributed by atoms with Crippen molar-refractivity contribution in [2.45, 2.75) is 19.8 Å². The lowest BCUT2D eigenvalue weighted by molar-refractivity contribution is -0.385. The molecule has 1 heterocycles. The SMILES string of the molecule is COc1cccc(C(=O)CN(C(=O)c2ccccc2[N+](=O)[O-])N2C(=O)[C@H]3CC(C)=CC[C@H]3C2=O)c1. The third kappa shape index (κ3) is 4.42. The summed E-state index contributed by atoms with van der Waals surface area (Å²) in [6.45, 7) is 1.20. The predicted octanol–water partition coefficient (Wildman–Crippen LogP) is 3.18. The van der Waals surface area contributed by atoms with Crippen LogP contribution in [0.25, 0.3) is 0 Å². The van der Waals surface area contributed by atoms with E-state index in [0.29, 0.717) is 23.6 Å². The highest BCUT2D eigenvalue weighted by molar-refractivity contribution is 6.10. The number of benzene rings is 2. The summed E-state index contributed by atoms with van der Waals surface area (Å²) >= 11 is 0. The molecule has 0 N–H and O–H groups in total. The molecule has 0 radical (unpaired) electrons. The van der Waals surface area contributed by atoms with Gasteiger partial charge in [-0.3, -0.25) is 29.3 Å². The molecule has 1 fully saturated rings. The van der Waals surface area contributed by atoms with Crippen molar-refractivity contribution in [1.29, 1.82) is 0 Å². The molecule has 3 amide bonds. The highest BCUT2D eigenvalue weighted by Crippen LogP contribution is 2.39. The molecular formula is C25H23N3O7. The van der Waals surface area contributed by atoms with Crippen LogP contribution in [-0.4, -0.2) is 52.1 Å². The van der Waals surface area contributed by atoms with E-state index in [9.17, 15) is 29.3 Å². The number of allylic oxidation sites excluding steroid dienone is 2. The fourth-order valence-electron chi connectivity index (χ4n) is 4.47. The van der Waals surface area contributed by atoms with Crippen molar-refractivity contribution >= 4 is 29.2 Å². The van der Waals surface area contributed by atoms with Gasteiger partial charge in [0.25, 0.3) is 23.4 Å². The number of nitro benzene ring substituents is 1. The van der Waals surface area contributed by atoms with Gasteiger partial charge in [0.15, 0.2) is 5.78 Å². The molecule has 10 nitrogen and oxygen atoms in total. The number of hydrazine groups is 1. The van der Waals surface area contributed by atoms with Gasteiger partial charge in [-0.2, -0.15) is 5.01 Å². The van der Waals surface area contributed by atoms with Crippen molar-refractivity contribution in [2.24, 2.45) is 11.8 Å². The van der Waals surface area contributed by atoms with Gasteiger partial charge in [-0.15, -0.1) is 0 Å². The van der Waals surface area contributed by atoms with Gasteiger partial charge in [0, 0.05) is 11.6 Å². The maximum Gasteiger partial charge on any atom is 0.282 e. The van der Waals surface area contributed by atoms with Gasteiger partial charge in [-0.05, 0) is 38.0 Å². The summed E-state index contributed by atoms with van der Waals surface area (Å²) in [4.78, 5) is 64.2. The van der Waals surface area contributed by atoms with E-state index in [1.165, 1.54) is 37.4 Å². The summed E-state index contributed by atoms with van der Waals surface area (Å²) in [5.41, 5.74) is 0.322. The number of hydrogen-bond donors (Lipinski definition) is 0. The van der Waals surface area contributed by atoms with Crippen LogP contribution in [0.5, 0.6) is 5.75 Å². The molecule has 2 aromatic carbocycles. The molecule has 2 aliphatic rings. The van der Waals surface area contributed by atoms with Crippen LogP contribution < -0.4 is 4.74 Å². The first-order chi connectivity index (χ1) is 16.7. The number of nitrogens with zero attached hydrogens (tertiary/aromatic N) is 3. The van der Waals surface area contributed by atoms with Gasteiger partial charge < -0.3 is 4.74 Å². The fraction of sp³-hybridized carbons (Fsp3) is 0.280. The average Bonchev–Trinajstić information content (AvgIpc) is 3.10. The number of amides is 3. The third-order valence-electron chi connectivity index (χ3n) is 6.29. The summed E-state index contributed by atoms with van der Waals surface area (Å²) < 4.78 is 5.14. The second-order valence-electron chi connectivity index (χ2n) is 8.48. The molecule has 1 saturated heterocycles. The molecule has 1 aliphatic carbocycles. The summed E-state index contributed by atoms with van der Waals surface area (Å²) in [6, 6.07) is 11.4. The van der Waals surface area contributed by atoms with Gasteiger partial charge >= 0.3 is 0 Å². The van der Waals surface area contributed by atoms with Crippen LogP contribution in [0.3, 0.4) is 0 Å². The van der Waals surface area contributed by atoms with Crippen LogP contribution in [0.15, 0.2) is 60.2 Å². The van der Waals surface area contributed by atoms with E-state index < -0.39 is 52.5 Å². The Hall–Kier alpha value is -4.34. The lowest BCUT2D eigenvalue weighted by atomic mass is 9.82. The maximum absolute atomic E-state index is 13.6. The summed E-state index contributed by atoms with van der Waals surface area (Å²) in [5, 5.41) is 13.0. The number of imide groups is 1. The first-order valence-corrected chi connectivity index (χ1v) is 11.0. The van der Waals surface area contributed by atoms with Crippen molar-refractivity contribution in [3.63, 3.8) is 0 Å². The molecular weight excluding hydrogens is 454 g/mol. The highest BCUT2D eigenvalue weighted by atomic mass is 16.6. The second-order valence-corrected chi connectivity index (χ2v) is 8.48. The van der Waals surface area contributed by atoms with Crippen LogP contribution in [-0.2, 0) is 9.59 Å². The lowest BCUT2D eigenvalue weighted by Crippen LogP contribution is -2.52. The standard InChI is InChI=1S/C25H23N3O7/c1-15-10-11-18-20(12-15)25(32)27(24(18)31)26(14-22(29)16-6-5-7-17(13-16)35-2)23(30)19-8-3-4-9-21(19)28(33)34/h3-10,13,18,20H,11-12,14H2,1-2H3/t18-,20+/m1/s1. The van der Waals surface area contributed by atoms with E-state index in [1.54, 1.807) is 12.1 Å². The maximum atomic E-state index is 13.6. The smallest absolute Gasteiger partial charge is 0.282 e. The average molecular weight is 477 g/mol. The zero-order valence-electron chi connectivity index (χ0n) is 19.2. The summed E-state index contributed by atoms with van der Waals surface area (Å²) in [5.74, 6) is -3.65. The van der Waals surface area contributed by atoms with Crippen LogP contribution >= 0.6 is 0 Å². The molecule has 2 aromatic rings. The van der Waals surface area contributed by atoms with Gasteiger partial charge in [0.2, 0.25) is 0 Å². The van der Waals surface area contributed by atoms with Crippen molar-refractivity contribution in [2.75, 3.05) is 13.7 Å². The Balaban J connectivity index is 1.75. The lowest BCUT2D eigenvalue weighted by Gasteiger charge is -2.30. The zero-order valence-corrected chi connectivity index (χ0v) is 19.2. The van der Waals surface area contributed by atoms with E-state index in [-0.39, 0.29) is 11.1 Å². The minimum Gasteiger partial charge on any atom is -0.497 e. The molecule has 1 aliphatic heterocycles. The second kappa shape index (κ2) is 9.49. The Morgan fingerprint density at radius 2 is 1.83 bits per heavy atom. The third-order valence-corrected chi connectivity index (χ3v) is 6.29. The fourth-order valence-corrected chi connectivity index (χ4v) is 4.47. The van der Waals surface area contributed by atoms with E-state index in [2.05, 4.69) is 0 Å². The van der Waals surface area contributed by atoms with Crippen LogP contribution in [0.4, 0.5) is 5.69 Å². The molecule has 0 bridgehead atoms. The molecule has 0 spiro atoms. The molecule has 10 heteroatoms. The summed E-state index contributed by atoms with van der Waals surface area (Å²) in [7, 11) is 1.44. The largest absolute Gasteiger partial charge is 0.497 e. The van der Waals surface area contributed by atoms with E-state index in [4.69, 9.17) is 4.74 Å². The predicted molar refractivity (Wildman–Crippen MR) is 123 cm³/mol.